The Kier molecular flexibility index (Phi) is 8.62. The Labute approximate surface area is 367 Å². The SMILES string of the molecule is CC1(C)C2=C(CCC(c3cc(-c4ccccc4)nc(-c4cccc5oc6cc(N(c7ccccc7)c7ccc(-c8ccccc8)cc7)c7ccccc7c6c45)n3)=C2)c2ccccc21. The van der Waals surface area contributed by atoms with Crippen molar-refractivity contribution < 1.29 is 4.42 Å². The molecule has 2 aliphatic rings. The summed E-state index contributed by atoms with van der Waals surface area (Å²) in [6, 6.07) is 68.8. The van der Waals surface area contributed by atoms with E-state index in [1.165, 1.54) is 39.0 Å². The van der Waals surface area contributed by atoms with Crippen molar-refractivity contribution in [3.63, 3.8) is 0 Å². The standard InChI is InChI=1S/C59H43N3O/c1-59(2)49-27-15-14-23-44(49)45-34-31-41(35-50(45)59)52-36-51(40-19-8-4-9-20-40)60-58(61-52)48-26-16-28-54-57(48)56-47-25-13-12-24-46(47)53(37-55(56)63-54)62(42-21-10-5-11-22-42)43-32-29-39(30-33-43)38-17-6-3-7-18-38/h3-30,32-33,35-37H,31,34H2,1-2H3. The molecule has 2 aliphatic carbocycles. The molecule has 0 saturated heterocycles. The summed E-state index contributed by atoms with van der Waals surface area (Å²) in [5.41, 5.74) is 17.8. The number of hydrogen-bond acceptors (Lipinski definition) is 4. The van der Waals surface area contributed by atoms with Crippen LogP contribution in [0.15, 0.2) is 210 Å². The van der Waals surface area contributed by atoms with Crippen LogP contribution >= 0.6 is 0 Å². The number of allylic oxidation sites excluding steroid dienone is 4. The van der Waals surface area contributed by atoms with Gasteiger partial charge in [-0.15, -0.1) is 0 Å². The Balaban J connectivity index is 1.05. The fourth-order valence-electron chi connectivity index (χ4n) is 10.2. The lowest BCUT2D eigenvalue weighted by Gasteiger charge is -2.27. The van der Waals surface area contributed by atoms with Crippen LogP contribution in [0.25, 0.3) is 77.6 Å². The van der Waals surface area contributed by atoms with Crippen LogP contribution in [-0.4, -0.2) is 9.97 Å². The van der Waals surface area contributed by atoms with E-state index in [9.17, 15) is 0 Å². The van der Waals surface area contributed by atoms with Gasteiger partial charge in [-0.05, 0) is 93.6 Å². The zero-order valence-electron chi connectivity index (χ0n) is 35.2. The highest BCUT2D eigenvalue weighted by atomic mass is 16.3. The summed E-state index contributed by atoms with van der Waals surface area (Å²) in [4.78, 5) is 13.2. The number of furan rings is 1. The van der Waals surface area contributed by atoms with Crippen molar-refractivity contribution in [2.45, 2.75) is 32.1 Å². The largest absolute Gasteiger partial charge is 0.456 e. The summed E-state index contributed by atoms with van der Waals surface area (Å²) in [7, 11) is 0. The maximum atomic E-state index is 6.92. The van der Waals surface area contributed by atoms with E-state index < -0.39 is 0 Å². The Morgan fingerprint density at radius 1 is 0.492 bits per heavy atom. The summed E-state index contributed by atoms with van der Waals surface area (Å²) < 4.78 is 6.92. The predicted molar refractivity (Wildman–Crippen MR) is 261 cm³/mol. The van der Waals surface area contributed by atoms with Crippen LogP contribution in [0.1, 0.15) is 43.5 Å². The lowest BCUT2D eigenvalue weighted by atomic mass is 9.78. The minimum Gasteiger partial charge on any atom is -0.456 e. The van der Waals surface area contributed by atoms with E-state index in [2.05, 4.69) is 219 Å². The maximum Gasteiger partial charge on any atom is 0.161 e. The van der Waals surface area contributed by atoms with E-state index in [4.69, 9.17) is 14.4 Å². The van der Waals surface area contributed by atoms with Crippen molar-refractivity contribution in [2.24, 2.45) is 0 Å². The molecule has 0 spiro atoms. The molecular weight excluding hydrogens is 767 g/mol. The molecule has 2 aromatic heterocycles. The molecule has 0 amide bonds. The molecule has 0 fully saturated rings. The summed E-state index contributed by atoms with van der Waals surface area (Å²) >= 11 is 0. The van der Waals surface area contributed by atoms with Gasteiger partial charge in [0.2, 0.25) is 0 Å². The van der Waals surface area contributed by atoms with Crippen LogP contribution in [-0.2, 0) is 5.41 Å². The Morgan fingerprint density at radius 2 is 1.11 bits per heavy atom. The smallest absolute Gasteiger partial charge is 0.161 e. The van der Waals surface area contributed by atoms with Crippen molar-refractivity contribution in [1.82, 2.24) is 9.97 Å². The molecule has 8 aromatic carbocycles. The number of rotatable bonds is 7. The second kappa shape index (κ2) is 14.7. The van der Waals surface area contributed by atoms with E-state index in [0.29, 0.717) is 5.82 Å². The maximum absolute atomic E-state index is 6.92. The third-order valence-electron chi connectivity index (χ3n) is 13.2. The number of benzene rings is 8. The molecule has 4 nitrogen and oxygen atoms in total. The zero-order chi connectivity index (χ0) is 42.1. The minimum absolute atomic E-state index is 0.0847. The Bertz CT molecular complexity index is 3450. The first-order valence-corrected chi connectivity index (χ1v) is 21.9. The first kappa shape index (κ1) is 37.0. The molecule has 300 valence electrons. The lowest BCUT2D eigenvalue weighted by molar-refractivity contribution is 0.652. The van der Waals surface area contributed by atoms with Gasteiger partial charge in [0, 0.05) is 50.1 Å². The molecule has 0 aliphatic heterocycles. The molecule has 0 N–H and O–H groups in total. The second-order valence-corrected chi connectivity index (χ2v) is 17.2. The minimum atomic E-state index is -0.0847. The average molecular weight is 810 g/mol. The molecule has 63 heavy (non-hydrogen) atoms. The monoisotopic (exact) mass is 809 g/mol. The fraction of sp³-hybridized carbons (Fsp3) is 0.0847. The normalized spacial score (nSPS) is 14.2. The van der Waals surface area contributed by atoms with Crippen LogP contribution in [0, 0.1) is 0 Å². The molecule has 12 rings (SSSR count). The highest BCUT2D eigenvalue weighted by Crippen LogP contribution is 2.52. The van der Waals surface area contributed by atoms with Gasteiger partial charge in [0.05, 0.1) is 17.1 Å². The zero-order valence-corrected chi connectivity index (χ0v) is 35.2. The molecular formula is C59H43N3O. The summed E-state index contributed by atoms with van der Waals surface area (Å²) in [6.45, 7) is 4.71. The first-order chi connectivity index (χ1) is 31.0. The van der Waals surface area contributed by atoms with E-state index >= 15 is 0 Å². The van der Waals surface area contributed by atoms with Gasteiger partial charge in [-0.2, -0.15) is 0 Å². The number of hydrogen-bond donors (Lipinski definition) is 0. The van der Waals surface area contributed by atoms with Gasteiger partial charge >= 0.3 is 0 Å². The van der Waals surface area contributed by atoms with Gasteiger partial charge in [-0.25, -0.2) is 9.97 Å². The van der Waals surface area contributed by atoms with Gasteiger partial charge in [0.25, 0.3) is 0 Å². The lowest BCUT2D eigenvalue weighted by Crippen LogP contribution is -2.17. The molecule has 2 heterocycles. The Morgan fingerprint density at radius 3 is 1.89 bits per heavy atom. The number of para-hydroxylation sites is 1. The fourth-order valence-corrected chi connectivity index (χ4v) is 10.2. The summed E-state index contributed by atoms with van der Waals surface area (Å²) in [5, 5.41) is 4.30. The average Bonchev–Trinajstić information content (AvgIpc) is 3.84. The topological polar surface area (TPSA) is 42.2 Å². The highest BCUT2D eigenvalue weighted by molar-refractivity contribution is 6.25. The van der Waals surface area contributed by atoms with Crippen molar-refractivity contribution in [2.75, 3.05) is 4.90 Å². The van der Waals surface area contributed by atoms with Crippen LogP contribution in [0.3, 0.4) is 0 Å². The van der Waals surface area contributed by atoms with Crippen LogP contribution in [0.4, 0.5) is 17.1 Å². The molecule has 0 bridgehead atoms. The van der Waals surface area contributed by atoms with Crippen LogP contribution in [0.5, 0.6) is 0 Å². The predicted octanol–water partition coefficient (Wildman–Crippen LogP) is 15.9. The summed E-state index contributed by atoms with van der Waals surface area (Å²) in [6.07, 6.45) is 4.32. The quantitative estimate of drug-likeness (QED) is 0.161. The molecule has 0 atom stereocenters. The van der Waals surface area contributed by atoms with E-state index in [1.54, 1.807) is 0 Å². The molecule has 10 aromatic rings. The van der Waals surface area contributed by atoms with Crippen molar-refractivity contribution in [3.05, 3.63) is 223 Å². The van der Waals surface area contributed by atoms with E-state index in [0.717, 1.165) is 85.1 Å². The molecule has 4 heteroatoms. The molecule has 0 radical (unpaired) electrons. The number of fused-ring (bicyclic) bond motifs is 7. The third-order valence-corrected chi connectivity index (χ3v) is 13.2. The first-order valence-electron chi connectivity index (χ1n) is 21.9. The third kappa shape index (κ3) is 6.13. The summed E-state index contributed by atoms with van der Waals surface area (Å²) in [5.74, 6) is 0.687. The van der Waals surface area contributed by atoms with Gasteiger partial charge in [0.15, 0.2) is 5.82 Å². The van der Waals surface area contributed by atoms with E-state index in [-0.39, 0.29) is 5.41 Å². The van der Waals surface area contributed by atoms with Gasteiger partial charge in [0.1, 0.15) is 11.2 Å². The molecule has 0 unspecified atom stereocenters. The van der Waals surface area contributed by atoms with E-state index in [1.807, 2.05) is 0 Å². The van der Waals surface area contributed by atoms with Crippen molar-refractivity contribution in [3.8, 4) is 33.8 Å². The van der Waals surface area contributed by atoms with Crippen LogP contribution in [0.2, 0.25) is 0 Å². The number of aromatic nitrogens is 2. The number of nitrogens with zero attached hydrogens (tertiary/aromatic N) is 3. The number of anilines is 3. The second-order valence-electron chi connectivity index (χ2n) is 17.2. The molecule has 0 saturated carbocycles. The van der Waals surface area contributed by atoms with Crippen LogP contribution < -0.4 is 4.90 Å². The van der Waals surface area contributed by atoms with Crippen molar-refractivity contribution in [1.29, 1.82) is 0 Å². The van der Waals surface area contributed by atoms with Crippen molar-refractivity contribution >= 4 is 60.9 Å². The van der Waals surface area contributed by atoms with Gasteiger partial charge in [-0.1, -0.05) is 172 Å². The highest BCUT2D eigenvalue weighted by Gasteiger charge is 2.38. The van der Waals surface area contributed by atoms with Gasteiger partial charge < -0.3 is 9.32 Å². The van der Waals surface area contributed by atoms with Gasteiger partial charge in [-0.3, -0.25) is 0 Å². The Hall–Kier alpha value is -7.82.